The second-order valence-electron chi connectivity index (χ2n) is 17.9. The molecule has 0 aromatic carbocycles. The van der Waals surface area contributed by atoms with Gasteiger partial charge in [0.15, 0.2) is 6.10 Å². The van der Waals surface area contributed by atoms with Crippen LogP contribution < -0.4 is 0 Å². The number of ether oxygens (including phenoxy) is 3. The van der Waals surface area contributed by atoms with Gasteiger partial charge in [-0.15, -0.1) is 0 Å². The number of hydrogen-bond acceptors (Lipinski definition) is 6. The molecule has 6 nitrogen and oxygen atoms in total. The third kappa shape index (κ3) is 42.3. The van der Waals surface area contributed by atoms with E-state index in [9.17, 15) is 14.4 Å². The lowest BCUT2D eigenvalue weighted by Gasteiger charge is -2.18. The lowest BCUT2D eigenvalue weighted by atomic mass is 9.99. The van der Waals surface area contributed by atoms with E-state index in [1.165, 1.54) is 167 Å². The fourth-order valence-electron chi connectivity index (χ4n) is 7.57. The monoisotopic (exact) mass is 807 g/mol. The van der Waals surface area contributed by atoms with Gasteiger partial charge in [0, 0.05) is 19.3 Å². The van der Waals surface area contributed by atoms with Crippen molar-refractivity contribution in [3.63, 3.8) is 0 Å². The maximum atomic E-state index is 12.8. The van der Waals surface area contributed by atoms with Gasteiger partial charge < -0.3 is 14.2 Å². The predicted octanol–water partition coefficient (Wildman–Crippen LogP) is 16.1. The van der Waals surface area contributed by atoms with Gasteiger partial charge in [0.25, 0.3) is 0 Å². The zero-order chi connectivity index (χ0) is 41.9. The zero-order valence-corrected chi connectivity index (χ0v) is 39.0. The molecule has 2 unspecified atom stereocenters. The Bertz CT molecular complexity index is 874. The molecule has 0 fully saturated rings. The quantitative estimate of drug-likeness (QED) is 0.0346. The minimum atomic E-state index is -0.762. The number of unbranched alkanes of at least 4 members (excludes halogenated alkanes) is 28. The van der Waals surface area contributed by atoms with Crippen molar-refractivity contribution in [2.24, 2.45) is 11.8 Å². The maximum Gasteiger partial charge on any atom is 0.306 e. The topological polar surface area (TPSA) is 78.9 Å². The van der Waals surface area contributed by atoms with E-state index in [1.807, 2.05) is 0 Å². The average Bonchev–Trinajstić information content (AvgIpc) is 3.21. The van der Waals surface area contributed by atoms with Crippen LogP contribution in [-0.4, -0.2) is 37.2 Å². The third-order valence-corrected chi connectivity index (χ3v) is 12.2. The smallest absolute Gasteiger partial charge is 0.306 e. The zero-order valence-electron chi connectivity index (χ0n) is 39.0. The Balaban J connectivity index is 4.33. The molecule has 338 valence electrons. The summed E-state index contributed by atoms with van der Waals surface area (Å²) >= 11 is 0. The molecule has 0 aliphatic carbocycles. The van der Waals surface area contributed by atoms with Gasteiger partial charge in [-0.25, -0.2) is 0 Å². The first-order valence-electron chi connectivity index (χ1n) is 25.3. The predicted molar refractivity (Wildman–Crippen MR) is 243 cm³/mol. The van der Waals surface area contributed by atoms with E-state index in [0.717, 1.165) is 69.6 Å². The Morgan fingerprint density at radius 2 is 0.614 bits per heavy atom. The van der Waals surface area contributed by atoms with E-state index >= 15 is 0 Å². The molecule has 57 heavy (non-hydrogen) atoms. The van der Waals surface area contributed by atoms with Gasteiger partial charge in [-0.05, 0) is 31.1 Å². The fraction of sp³-hybridized carbons (Fsp3) is 0.941. The van der Waals surface area contributed by atoms with Gasteiger partial charge >= 0.3 is 17.9 Å². The summed E-state index contributed by atoms with van der Waals surface area (Å²) in [6.45, 7) is 11.4. The Labute approximate surface area is 355 Å². The van der Waals surface area contributed by atoms with Crippen molar-refractivity contribution >= 4 is 17.9 Å². The van der Waals surface area contributed by atoms with Crippen molar-refractivity contribution in [3.8, 4) is 0 Å². The standard InChI is InChI=1S/C51H98O6/c1-6-9-10-11-12-13-14-15-16-17-18-19-26-31-36-41-49(52)55-44-48(57-51(54)43-38-33-28-23-21-25-30-35-40-47(5)8-3)45-56-50(53)42-37-32-27-22-20-24-29-34-39-46(4)7-2/h46-48H,6-45H2,1-5H3/t46?,47?,48-/m0/s1. The van der Waals surface area contributed by atoms with Gasteiger partial charge in [-0.2, -0.15) is 0 Å². The highest BCUT2D eigenvalue weighted by Gasteiger charge is 2.19. The van der Waals surface area contributed by atoms with Gasteiger partial charge in [0.05, 0.1) is 0 Å². The van der Waals surface area contributed by atoms with Crippen LogP contribution in [0.1, 0.15) is 279 Å². The summed E-state index contributed by atoms with van der Waals surface area (Å²) in [6.07, 6.45) is 43.6. The van der Waals surface area contributed by atoms with E-state index in [-0.39, 0.29) is 31.1 Å². The average molecular weight is 807 g/mol. The van der Waals surface area contributed by atoms with Crippen LogP contribution in [0.25, 0.3) is 0 Å². The number of esters is 3. The van der Waals surface area contributed by atoms with Crippen LogP contribution in [0.3, 0.4) is 0 Å². The SMILES string of the molecule is CCCCCCCCCCCCCCCCCC(=O)OC[C@@H](COC(=O)CCCCCCCCCCC(C)CC)OC(=O)CCCCCCCCCCC(C)CC. The van der Waals surface area contributed by atoms with Crippen molar-refractivity contribution in [2.75, 3.05) is 13.2 Å². The molecule has 0 radical (unpaired) electrons. The lowest BCUT2D eigenvalue weighted by molar-refractivity contribution is -0.167. The molecule has 0 aliphatic rings. The number of hydrogen-bond donors (Lipinski definition) is 0. The van der Waals surface area contributed by atoms with Crippen LogP contribution >= 0.6 is 0 Å². The minimum absolute atomic E-state index is 0.0645. The molecule has 0 heterocycles. The molecule has 6 heteroatoms. The minimum Gasteiger partial charge on any atom is -0.462 e. The highest BCUT2D eigenvalue weighted by molar-refractivity contribution is 5.71. The van der Waals surface area contributed by atoms with E-state index < -0.39 is 6.10 Å². The third-order valence-electron chi connectivity index (χ3n) is 12.2. The summed E-state index contributed by atoms with van der Waals surface area (Å²) in [4.78, 5) is 37.9. The summed E-state index contributed by atoms with van der Waals surface area (Å²) in [5.41, 5.74) is 0. The van der Waals surface area contributed by atoms with Gasteiger partial charge in [-0.1, -0.05) is 240 Å². The van der Waals surface area contributed by atoms with Crippen molar-refractivity contribution < 1.29 is 28.6 Å². The molecule has 0 spiro atoms. The Hall–Kier alpha value is -1.59. The first-order chi connectivity index (χ1) is 27.8. The Kier molecular flexibility index (Phi) is 42.7. The molecular weight excluding hydrogens is 709 g/mol. The maximum absolute atomic E-state index is 12.8. The summed E-state index contributed by atoms with van der Waals surface area (Å²) < 4.78 is 16.8. The Morgan fingerprint density at radius 1 is 0.351 bits per heavy atom. The summed E-state index contributed by atoms with van der Waals surface area (Å²) in [6, 6.07) is 0. The highest BCUT2D eigenvalue weighted by Crippen LogP contribution is 2.18. The molecular formula is C51H98O6. The van der Waals surface area contributed by atoms with Crippen LogP contribution in [-0.2, 0) is 28.6 Å². The molecule has 0 bridgehead atoms. The van der Waals surface area contributed by atoms with Crippen LogP contribution in [0.15, 0.2) is 0 Å². The van der Waals surface area contributed by atoms with E-state index in [0.29, 0.717) is 19.3 Å². The van der Waals surface area contributed by atoms with E-state index in [2.05, 4.69) is 34.6 Å². The summed E-state index contributed by atoms with van der Waals surface area (Å²) in [7, 11) is 0. The molecule has 0 N–H and O–H groups in total. The van der Waals surface area contributed by atoms with Crippen LogP contribution in [0.2, 0.25) is 0 Å². The van der Waals surface area contributed by atoms with Crippen molar-refractivity contribution in [1.82, 2.24) is 0 Å². The van der Waals surface area contributed by atoms with Crippen molar-refractivity contribution in [2.45, 2.75) is 285 Å². The largest absolute Gasteiger partial charge is 0.462 e. The first-order valence-corrected chi connectivity index (χ1v) is 25.3. The first kappa shape index (κ1) is 55.4. The van der Waals surface area contributed by atoms with Crippen LogP contribution in [0.4, 0.5) is 0 Å². The van der Waals surface area contributed by atoms with E-state index in [4.69, 9.17) is 14.2 Å². The van der Waals surface area contributed by atoms with E-state index in [1.54, 1.807) is 0 Å². The van der Waals surface area contributed by atoms with Gasteiger partial charge in [0.2, 0.25) is 0 Å². The number of carbonyl (C=O) groups excluding carboxylic acids is 3. The molecule has 0 saturated heterocycles. The molecule has 0 aromatic rings. The normalized spacial score (nSPS) is 13.0. The molecule has 0 aromatic heterocycles. The molecule has 0 rings (SSSR count). The molecule has 0 saturated carbocycles. The molecule has 0 amide bonds. The van der Waals surface area contributed by atoms with Gasteiger partial charge in [-0.3, -0.25) is 14.4 Å². The van der Waals surface area contributed by atoms with Crippen LogP contribution in [0, 0.1) is 11.8 Å². The second kappa shape index (κ2) is 44.0. The molecule has 3 atom stereocenters. The van der Waals surface area contributed by atoms with Crippen molar-refractivity contribution in [3.05, 3.63) is 0 Å². The van der Waals surface area contributed by atoms with Crippen LogP contribution in [0.5, 0.6) is 0 Å². The van der Waals surface area contributed by atoms with Crippen molar-refractivity contribution in [1.29, 1.82) is 0 Å². The summed E-state index contributed by atoms with van der Waals surface area (Å²) in [5.74, 6) is 0.840. The fourth-order valence-corrected chi connectivity index (χ4v) is 7.57. The Morgan fingerprint density at radius 3 is 0.912 bits per heavy atom. The number of carbonyl (C=O) groups is 3. The summed E-state index contributed by atoms with van der Waals surface area (Å²) in [5, 5.41) is 0. The van der Waals surface area contributed by atoms with Gasteiger partial charge in [0.1, 0.15) is 13.2 Å². The molecule has 0 aliphatic heterocycles. The highest BCUT2D eigenvalue weighted by atomic mass is 16.6. The lowest BCUT2D eigenvalue weighted by Crippen LogP contribution is -2.30. The second-order valence-corrected chi connectivity index (χ2v) is 17.9. The number of rotatable bonds is 45.